The molecule has 0 saturated carbocycles. The SMILES string of the molecule is Cc1cccc(C2NNCC2C(=O)N2CCN(C3CCN(C)CC3)CC2)c1. The summed E-state index contributed by atoms with van der Waals surface area (Å²) in [5, 5.41) is 0. The van der Waals surface area contributed by atoms with Crippen molar-refractivity contribution in [2.45, 2.75) is 31.8 Å². The minimum atomic E-state index is -0.0262. The van der Waals surface area contributed by atoms with E-state index in [2.05, 4.69) is 63.8 Å². The van der Waals surface area contributed by atoms with E-state index in [4.69, 9.17) is 0 Å². The van der Waals surface area contributed by atoms with E-state index in [1.807, 2.05) is 0 Å². The van der Waals surface area contributed by atoms with E-state index in [1.165, 1.54) is 37.1 Å². The zero-order chi connectivity index (χ0) is 18.8. The minimum Gasteiger partial charge on any atom is -0.340 e. The second-order valence-corrected chi connectivity index (χ2v) is 8.42. The molecule has 4 rings (SSSR count). The fourth-order valence-corrected chi connectivity index (χ4v) is 4.81. The molecule has 6 heteroatoms. The molecule has 1 amide bonds. The largest absolute Gasteiger partial charge is 0.340 e. The number of benzene rings is 1. The molecule has 1 aromatic carbocycles. The summed E-state index contributed by atoms with van der Waals surface area (Å²) in [6.07, 6.45) is 2.52. The van der Waals surface area contributed by atoms with Crippen molar-refractivity contribution in [1.29, 1.82) is 0 Å². The van der Waals surface area contributed by atoms with Crippen molar-refractivity contribution < 1.29 is 4.79 Å². The van der Waals surface area contributed by atoms with E-state index < -0.39 is 0 Å². The van der Waals surface area contributed by atoms with Gasteiger partial charge < -0.3 is 9.80 Å². The van der Waals surface area contributed by atoms with Crippen molar-refractivity contribution in [3.05, 3.63) is 35.4 Å². The number of piperazine rings is 1. The van der Waals surface area contributed by atoms with Crippen LogP contribution in [0.5, 0.6) is 0 Å². The van der Waals surface area contributed by atoms with Crippen molar-refractivity contribution in [2.75, 3.05) is 52.9 Å². The molecule has 3 fully saturated rings. The van der Waals surface area contributed by atoms with Gasteiger partial charge in [-0.05, 0) is 45.5 Å². The molecule has 0 aromatic heterocycles. The Morgan fingerprint density at radius 2 is 1.81 bits per heavy atom. The number of hydrogen-bond donors (Lipinski definition) is 2. The number of carbonyl (C=O) groups is 1. The van der Waals surface area contributed by atoms with E-state index in [1.54, 1.807) is 0 Å². The molecule has 0 spiro atoms. The molecule has 27 heavy (non-hydrogen) atoms. The number of hydrogen-bond acceptors (Lipinski definition) is 5. The standard InChI is InChI=1S/C21H33N5O/c1-16-4-3-5-17(14-16)20-19(15-22-23-20)21(27)26-12-10-25(11-13-26)18-6-8-24(2)9-7-18/h3-5,14,18-20,22-23H,6-13,15H2,1-2H3. The lowest BCUT2D eigenvalue weighted by atomic mass is 9.92. The Bertz CT molecular complexity index is 650. The normalized spacial score (nSPS) is 28.6. The van der Waals surface area contributed by atoms with Crippen LogP contribution < -0.4 is 10.9 Å². The molecular formula is C21H33N5O. The van der Waals surface area contributed by atoms with Gasteiger partial charge in [0.25, 0.3) is 0 Å². The van der Waals surface area contributed by atoms with Gasteiger partial charge in [0.2, 0.25) is 5.91 Å². The molecule has 3 aliphatic heterocycles. The van der Waals surface area contributed by atoms with E-state index in [9.17, 15) is 4.79 Å². The number of aryl methyl sites for hydroxylation is 1. The van der Waals surface area contributed by atoms with Crippen molar-refractivity contribution in [2.24, 2.45) is 5.92 Å². The number of carbonyl (C=O) groups excluding carboxylic acids is 1. The van der Waals surface area contributed by atoms with Crippen LogP contribution >= 0.6 is 0 Å². The Balaban J connectivity index is 1.35. The highest BCUT2D eigenvalue weighted by Crippen LogP contribution is 2.28. The molecule has 3 saturated heterocycles. The molecule has 2 N–H and O–H groups in total. The van der Waals surface area contributed by atoms with Crippen LogP contribution in [0, 0.1) is 12.8 Å². The lowest BCUT2D eigenvalue weighted by Gasteiger charge is -2.42. The summed E-state index contributed by atoms with van der Waals surface area (Å²) in [4.78, 5) is 20.3. The quantitative estimate of drug-likeness (QED) is 0.830. The molecule has 3 heterocycles. The third-order valence-corrected chi connectivity index (χ3v) is 6.53. The Kier molecular flexibility index (Phi) is 5.78. The first-order valence-corrected chi connectivity index (χ1v) is 10.4. The Labute approximate surface area is 162 Å². The van der Waals surface area contributed by atoms with Gasteiger partial charge in [-0.2, -0.15) is 0 Å². The molecule has 0 radical (unpaired) electrons. The van der Waals surface area contributed by atoms with Crippen LogP contribution in [0.3, 0.4) is 0 Å². The molecule has 6 nitrogen and oxygen atoms in total. The van der Waals surface area contributed by atoms with Gasteiger partial charge in [0, 0.05) is 38.8 Å². The van der Waals surface area contributed by atoms with Crippen LogP contribution in [-0.4, -0.2) is 79.5 Å². The first kappa shape index (κ1) is 18.9. The summed E-state index contributed by atoms with van der Waals surface area (Å²) in [5.41, 5.74) is 8.97. The summed E-state index contributed by atoms with van der Waals surface area (Å²) in [7, 11) is 2.21. The maximum atomic E-state index is 13.2. The predicted molar refractivity (Wildman–Crippen MR) is 107 cm³/mol. The topological polar surface area (TPSA) is 50.9 Å². The average molecular weight is 372 g/mol. The highest BCUT2D eigenvalue weighted by molar-refractivity contribution is 5.80. The predicted octanol–water partition coefficient (Wildman–Crippen LogP) is 0.999. The highest BCUT2D eigenvalue weighted by atomic mass is 16.2. The smallest absolute Gasteiger partial charge is 0.229 e. The number of likely N-dealkylation sites (tertiary alicyclic amines) is 1. The van der Waals surface area contributed by atoms with Gasteiger partial charge in [0.05, 0.1) is 12.0 Å². The molecule has 3 aliphatic rings. The summed E-state index contributed by atoms with van der Waals surface area (Å²) in [5.74, 6) is 0.267. The van der Waals surface area contributed by atoms with Gasteiger partial charge in [-0.1, -0.05) is 29.8 Å². The van der Waals surface area contributed by atoms with Crippen molar-refractivity contribution >= 4 is 5.91 Å². The van der Waals surface area contributed by atoms with E-state index >= 15 is 0 Å². The number of nitrogens with zero attached hydrogens (tertiary/aromatic N) is 3. The summed E-state index contributed by atoms with van der Waals surface area (Å²) in [6, 6.07) is 9.24. The number of rotatable bonds is 3. The number of amides is 1. The van der Waals surface area contributed by atoms with Crippen LogP contribution in [0.15, 0.2) is 24.3 Å². The monoisotopic (exact) mass is 371 g/mol. The van der Waals surface area contributed by atoms with Gasteiger partial charge in [-0.25, -0.2) is 5.43 Å². The van der Waals surface area contributed by atoms with Gasteiger partial charge in [-0.3, -0.25) is 15.1 Å². The molecule has 0 aliphatic carbocycles. The van der Waals surface area contributed by atoms with E-state index in [-0.39, 0.29) is 12.0 Å². The fourth-order valence-electron chi connectivity index (χ4n) is 4.81. The zero-order valence-electron chi connectivity index (χ0n) is 16.7. The van der Waals surface area contributed by atoms with Crippen molar-refractivity contribution in [1.82, 2.24) is 25.6 Å². The zero-order valence-corrected chi connectivity index (χ0v) is 16.7. The molecular weight excluding hydrogens is 338 g/mol. The Morgan fingerprint density at radius 3 is 2.52 bits per heavy atom. The number of piperidine rings is 1. The molecule has 0 bridgehead atoms. The minimum absolute atomic E-state index is 0.0262. The van der Waals surface area contributed by atoms with Gasteiger partial charge in [0.1, 0.15) is 0 Å². The maximum Gasteiger partial charge on any atom is 0.229 e. The lowest BCUT2D eigenvalue weighted by Crippen LogP contribution is -2.55. The van der Waals surface area contributed by atoms with Crippen molar-refractivity contribution in [3.63, 3.8) is 0 Å². The van der Waals surface area contributed by atoms with Gasteiger partial charge in [-0.15, -0.1) is 0 Å². The molecule has 2 atom stereocenters. The van der Waals surface area contributed by atoms with Crippen LogP contribution in [0.25, 0.3) is 0 Å². The third kappa shape index (κ3) is 4.19. The first-order chi connectivity index (χ1) is 13.1. The summed E-state index contributed by atoms with van der Waals surface area (Å²) in [6.45, 7) is 8.95. The Hall–Kier alpha value is -1.47. The first-order valence-electron chi connectivity index (χ1n) is 10.4. The third-order valence-electron chi connectivity index (χ3n) is 6.53. The summed E-state index contributed by atoms with van der Waals surface area (Å²) < 4.78 is 0. The summed E-state index contributed by atoms with van der Waals surface area (Å²) >= 11 is 0. The number of nitrogens with one attached hydrogen (secondary N) is 2. The van der Waals surface area contributed by atoms with Crippen LogP contribution in [0.4, 0.5) is 0 Å². The second kappa shape index (κ2) is 8.27. The van der Waals surface area contributed by atoms with Gasteiger partial charge >= 0.3 is 0 Å². The van der Waals surface area contributed by atoms with Crippen molar-refractivity contribution in [3.8, 4) is 0 Å². The lowest BCUT2D eigenvalue weighted by molar-refractivity contribution is -0.137. The highest BCUT2D eigenvalue weighted by Gasteiger charge is 2.38. The average Bonchev–Trinajstić information content (AvgIpc) is 3.18. The van der Waals surface area contributed by atoms with Gasteiger partial charge in [0.15, 0.2) is 0 Å². The van der Waals surface area contributed by atoms with Crippen LogP contribution in [-0.2, 0) is 4.79 Å². The van der Waals surface area contributed by atoms with E-state index in [0.717, 1.165) is 26.2 Å². The second-order valence-electron chi connectivity index (χ2n) is 8.42. The van der Waals surface area contributed by atoms with E-state index in [0.29, 0.717) is 18.5 Å². The molecule has 1 aromatic rings. The maximum absolute atomic E-state index is 13.2. The molecule has 2 unspecified atom stereocenters. The molecule has 148 valence electrons. The fraction of sp³-hybridized carbons (Fsp3) is 0.667. The van der Waals surface area contributed by atoms with Crippen LogP contribution in [0.2, 0.25) is 0 Å². The van der Waals surface area contributed by atoms with Crippen LogP contribution in [0.1, 0.15) is 30.0 Å². The number of hydrazine groups is 1. The Morgan fingerprint density at radius 1 is 1.07 bits per heavy atom.